The van der Waals surface area contributed by atoms with Crippen molar-refractivity contribution in [1.29, 1.82) is 0 Å². The Morgan fingerprint density at radius 3 is 2.70 bits per heavy atom. The molecule has 0 bridgehead atoms. The van der Waals surface area contributed by atoms with Crippen LogP contribution in [0, 0.1) is 12.7 Å². The van der Waals surface area contributed by atoms with E-state index in [2.05, 4.69) is 9.82 Å². The summed E-state index contributed by atoms with van der Waals surface area (Å²) in [5, 5.41) is 3.90. The van der Waals surface area contributed by atoms with Gasteiger partial charge in [0.1, 0.15) is 5.82 Å². The number of hydrogen-bond acceptors (Lipinski definition) is 4. The summed E-state index contributed by atoms with van der Waals surface area (Å²) in [5.41, 5.74) is 5.76. The average molecular weight is 340 g/mol. The number of nitrogens with one attached hydrogen (secondary N) is 1. The lowest BCUT2D eigenvalue weighted by Gasteiger charge is -2.08. The lowest BCUT2D eigenvalue weighted by molar-refractivity contribution is 0.0995. The standard InChI is InChI=1S/C14H17FN4O3S/c1-3-19-7-12(13(17-19)14(16)20)18-23(21,22)8-10-5-4-9(2)11(15)6-10/h4-7,18H,3,8H2,1-2H3,(H2,16,20). The molecular weight excluding hydrogens is 323 g/mol. The van der Waals surface area contributed by atoms with Crippen LogP contribution >= 0.6 is 0 Å². The van der Waals surface area contributed by atoms with Gasteiger partial charge in [0.25, 0.3) is 5.91 Å². The van der Waals surface area contributed by atoms with Crippen LogP contribution in [0.3, 0.4) is 0 Å². The number of hydrogen-bond donors (Lipinski definition) is 2. The summed E-state index contributed by atoms with van der Waals surface area (Å²) >= 11 is 0. The Hall–Kier alpha value is -2.42. The van der Waals surface area contributed by atoms with Crippen LogP contribution in [-0.2, 0) is 22.3 Å². The first kappa shape index (κ1) is 16.9. The third kappa shape index (κ3) is 4.07. The van der Waals surface area contributed by atoms with Crippen molar-refractivity contribution in [2.45, 2.75) is 26.1 Å². The highest BCUT2D eigenvalue weighted by molar-refractivity contribution is 7.91. The number of carbonyl (C=O) groups excluding carboxylic acids is 1. The zero-order valence-corrected chi connectivity index (χ0v) is 13.5. The van der Waals surface area contributed by atoms with Crippen LogP contribution in [0.25, 0.3) is 0 Å². The molecule has 0 saturated heterocycles. The van der Waals surface area contributed by atoms with Gasteiger partial charge in [-0.2, -0.15) is 5.10 Å². The molecule has 0 saturated carbocycles. The molecule has 0 aliphatic carbocycles. The van der Waals surface area contributed by atoms with Gasteiger partial charge in [-0.3, -0.25) is 14.2 Å². The molecule has 7 nitrogen and oxygen atoms in total. The molecule has 2 aromatic rings. The number of benzene rings is 1. The minimum Gasteiger partial charge on any atom is -0.364 e. The molecule has 0 unspecified atom stereocenters. The van der Waals surface area contributed by atoms with Gasteiger partial charge in [-0.1, -0.05) is 12.1 Å². The van der Waals surface area contributed by atoms with Crippen molar-refractivity contribution >= 4 is 21.6 Å². The minimum absolute atomic E-state index is 0.00642. The third-order valence-electron chi connectivity index (χ3n) is 3.18. The summed E-state index contributed by atoms with van der Waals surface area (Å²) in [4.78, 5) is 11.3. The minimum atomic E-state index is -3.85. The molecule has 1 amide bonds. The molecule has 0 fully saturated rings. The summed E-state index contributed by atoms with van der Waals surface area (Å²) < 4.78 is 41.6. The number of aromatic nitrogens is 2. The van der Waals surface area contributed by atoms with Gasteiger partial charge in [-0.25, -0.2) is 12.8 Å². The number of amides is 1. The highest BCUT2D eigenvalue weighted by Crippen LogP contribution is 2.18. The molecule has 1 aromatic heterocycles. The van der Waals surface area contributed by atoms with Crippen molar-refractivity contribution in [2.24, 2.45) is 5.73 Å². The summed E-state index contributed by atoms with van der Waals surface area (Å²) in [5.74, 6) is -1.75. The number of aryl methyl sites for hydroxylation is 2. The number of carbonyl (C=O) groups is 1. The van der Waals surface area contributed by atoms with Gasteiger partial charge < -0.3 is 5.73 Å². The average Bonchev–Trinajstić information content (AvgIpc) is 2.85. The Morgan fingerprint density at radius 2 is 2.13 bits per heavy atom. The van der Waals surface area contributed by atoms with E-state index in [0.29, 0.717) is 17.7 Å². The normalized spacial score (nSPS) is 11.4. The molecule has 124 valence electrons. The number of primary amides is 1. The molecule has 9 heteroatoms. The van der Waals surface area contributed by atoms with Crippen LogP contribution in [0.5, 0.6) is 0 Å². The second kappa shape index (κ2) is 6.37. The van der Waals surface area contributed by atoms with Gasteiger partial charge in [-0.15, -0.1) is 0 Å². The van der Waals surface area contributed by atoms with Gasteiger partial charge in [0.15, 0.2) is 5.69 Å². The number of nitrogens with two attached hydrogens (primary N) is 1. The molecule has 0 radical (unpaired) electrons. The maximum Gasteiger partial charge on any atom is 0.271 e. The molecule has 0 aliphatic rings. The third-order valence-corrected chi connectivity index (χ3v) is 4.42. The predicted molar refractivity (Wildman–Crippen MR) is 83.8 cm³/mol. The lowest BCUT2D eigenvalue weighted by atomic mass is 10.2. The zero-order valence-electron chi connectivity index (χ0n) is 12.7. The lowest BCUT2D eigenvalue weighted by Crippen LogP contribution is -2.19. The number of anilines is 1. The van der Waals surface area contributed by atoms with Gasteiger partial charge in [0.05, 0.1) is 11.4 Å². The topological polar surface area (TPSA) is 107 Å². The second-order valence-corrected chi connectivity index (χ2v) is 6.78. The quantitative estimate of drug-likeness (QED) is 0.828. The maximum absolute atomic E-state index is 13.5. The Balaban J connectivity index is 2.26. The molecule has 2 rings (SSSR count). The summed E-state index contributed by atoms with van der Waals surface area (Å²) in [6.07, 6.45) is 1.38. The van der Waals surface area contributed by atoms with E-state index in [9.17, 15) is 17.6 Å². The summed E-state index contributed by atoms with van der Waals surface area (Å²) in [6, 6.07) is 4.20. The number of sulfonamides is 1. The zero-order chi connectivity index (χ0) is 17.2. The van der Waals surface area contributed by atoms with E-state index in [1.807, 2.05) is 0 Å². The molecular formula is C14H17FN4O3S. The van der Waals surface area contributed by atoms with Crippen molar-refractivity contribution in [1.82, 2.24) is 9.78 Å². The number of halogens is 1. The molecule has 23 heavy (non-hydrogen) atoms. The van der Waals surface area contributed by atoms with Crippen molar-refractivity contribution in [3.05, 3.63) is 47.0 Å². The van der Waals surface area contributed by atoms with Crippen LogP contribution in [0.2, 0.25) is 0 Å². The molecule has 0 spiro atoms. The predicted octanol–water partition coefficient (Wildman–Crippen LogP) is 1.39. The monoisotopic (exact) mass is 340 g/mol. The SMILES string of the molecule is CCn1cc(NS(=O)(=O)Cc2ccc(C)c(F)c2)c(C(N)=O)n1. The van der Waals surface area contributed by atoms with Crippen LogP contribution in [-0.4, -0.2) is 24.1 Å². The van der Waals surface area contributed by atoms with Gasteiger partial charge >= 0.3 is 0 Å². The second-order valence-electron chi connectivity index (χ2n) is 5.06. The van der Waals surface area contributed by atoms with E-state index in [0.717, 1.165) is 0 Å². The van der Waals surface area contributed by atoms with Gasteiger partial charge in [0, 0.05) is 12.7 Å². The fourth-order valence-electron chi connectivity index (χ4n) is 1.99. The first-order chi connectivity index (χ1) is 10.7. The van der Waals surface area contributed by atoms with E-state index >= 15 is 0 Å². The Labute approximate surface area is 133 Å². The highest BCUT2D eigenvalue weighted by atomic mass is 32.2. The van der Waals surface area contributed by atoms with Gasteiger partial charge in [0.2, 0.25) is 10.0 Å². The van der Waals surface area contributed by atoms with E-state index in [-0.39, 0.29) is 11.4 Å². The largest absolute Gasteiger partial charge is 0.364 e. The van der Waals surface area contributed by atoms with E-state index in [1.54, 1.807) is 13.8 Å². The van der Waals surface area contributed by atoms with Crippen LogP contribution in [0.4, 0.5) is 10.1 Å². The molecule has 3 N–H and O–H groups in total. The summed E-state index contributed by atoms with van der Waals surface area (Å²) in [7, 11) is -3.85. The smallest absolute Gasteiger partial charge is 0.271 e. The highest BCUT2D eigenvalue weighted by Gasteiger charge is 2.20. The Kier molecular flexibility index (Phi) is 4.69. The Bertz CT molecular complexity index is 846. The van der Waals surface area contributed by atoms with Gasteiger partial charge in [-0.05, 0) is 31.0 Å². The van der Waals surface area contributed by atoms with Crippen molar-refractivity contribution in [2.75, 3.05) is 4.72 Å². The van der Waals surface area contributed by atoms with Crippen molar-refractivity contribution < 1.29 is 17.6 Å². The van der Waals surface area contributed by atoms with E-state index < -0.39 is 27.5 Å². The fourth-order valence-corrected chi connectivity index (χ4v) is 3.16. The first-order valence-corrected chi connectivity index (χ1v) is 8.50. The van der Waals surface area contributed by atoms with Crippen LogP contribution in [0.1, 0.15) is 28.5 Å². The fraction of sp³-hybridized carbons (Fsp3) is 0.286. The summed E-state index contributed by atoms with van der Waals surface area (Å²) in [6.45, 7) is 3.82. The van der Waals surface area contributed by atoms with Crippen molar-refractivity contribution in [3.8, 4) is 0 Å². The molecule has 0 atom stereocenters. The first-order valence-electron chi connectivity index (χ1n) is 6.84. The van der Waals surface area contributed by atoms with Crippen LogP contribution in [0.15, 0.2) is 24.4 Å². The molecule has 1 aromatic carbocycles. The van der Waals surface area contributed by atoms with Crippen molar-refractivity contribution in [3.63, 3.8) is 0 Å². The maximum atomic E-state index is 13.5. The van der Waals surface area contributed by atoms with E-state index in [1.165, 1.54) is 29.1 Å². The number of rotatable bonds is 6. The van der Waals surface area contributed by atoms with Crippen LogP contribution < -0.4 is 10.5 Å². The number of nitrogens with zero attached hydrogens (tertiary/aromatic N) is 2. The molecule has 0 aliphatic heterocycles. The Morgan fingerprint density at radius 1 is 1.43 bits per heavy atom. The van der Waals surface area contributed by atoms with E-state index in [4.69, 9.17) is 5.73 Å². The molecule has 1 heterocycles.